The molecular formula is C27H39N3O6S. The van der Waals surface area contributed by atoms with E-state index in [1.54, 1.807) is 40.7 Å². The molecule has 1 amide bonds. The summed E-state index contributed by atoms with van der Waals surface area (Å²) in [6.45, 7) is 8.83. The lowest BCUT2D eigenvalue weighted by Gasteiger charge is -2.30. The lowest BCUT2D eigenvalue weighted by Crippen LogP contribution is -2.44. The van der Waals surface area contributed by atoms with Gasteiger partial charge >= 0.3 is 0 Å². The standard InChI is InChI=1S/C27H39N3O6S/c1-18-9-8-14-30(17-18)37(32,33)21-12-10-20(11-13-21)28-24(26(31)29-27(2,3)4)19-15-22(34-5)25(36-7)23(16-19)35-6/h10-13,15-16,18,24,28H,8-9,14,17H2,1-7H3,(H,29,31)/t18-,24-/m1/s1. The van der Waals surface area contributed by atoms with Gasteiger partial charge in [-0.1, -0.05) is 6.92 Å². The van der Waals surface area contributed by atoms with Crippen LogP contribution in [0, 0.1) is 5.92 Å². The quantitative estimate of drug-likeness (QED) is 0.498. The summed E-state index contributed by atoms with van der Waals surface area (Å²) in [5.41, 5.74) is 0.713. The normalized spacial score (nSPS) is 17.5. The smallest absolute Gasteiger partial charge is 0.247 e. The number of methoxy groups -OCH3 is 3. The van der Waals surface area contributed by atoms with E-state index < -0.39 is 21.6 Å². The van der Waals surface area contributed by atoms with Gasteiger partial charge in [0, 0.05) is 24.3 Å². The van der Waals surface area contributed by atoms with E-state index >= 15 is 0 Å². The van der Waals surface area contributed by atoms with Gasteiger partial charge in [0.1, 0.15) is 6.04 Å². The van der Waals surface area contributed by atoms with E-state index in [0.717, 1.165) is 12.8 Å². The highest BCUT2D eigenvalue weighted by atomic mass is 32.2. The van der Waals surface area contributed by atoms with Gasteiger partial charge in [0.05, 0.1) is 26.2 Å². The first-order chi connectivity index (χ1) is 17.4. The molecule has 0 aliphatic carbocycles. The predicted octanol–water partition coefficient (Wildman–Crippen LogP) is 4.20. The Kier molecular flexibility index (Phi) is 8.96. The van der Waals surface area contributed by atoms with Crippen molar-refractivity contribution in [3.05, 3.63) is 42.0 Å². The molecule has 9 nitrogen and oxygen atoms in total. The van der Waals surface area contributed by atoms with Crippen molar-refractivity contribution >= 4 is 21.6 Å². The van der Waals surface area contributed by atoms with Gasteiger partial charge in [-0.05, 0) is 81.5 Å². The number of hydrogen-bond acceptors (Lipinski definition) is 7. The van der Waals surface area contributed by atoms with E-state index in [4.69, 9.17) is 14.2 Å². The minimum atomic E-state index is -3.58. The van der Waals surface area contributed by atoms with Crippen LogP contribution in [-0.2, 0) is 14.8 Å². The molecule has 1 aliphatic heterocycles. The Bertz CT molecular complexity index is 1170. The van der Waals surface area contributed by atoms with Crippen molar-refractivity contribution < 1.29 is 27.4 Å². The molecule has 0 bridgehead atoms. The van der Waals surface area contributed by atoms with Crippen LogP contribution in [0.5, 0.6) is 17.2 Å². The zero-order valence-electron chi connectivity index (χ0n) is 22.8. The number of benzene rings is 2. The summed E-state index contributed by atoms with van der Waals surface area (Å²) >= 11 is 0. The molecular weight excluding hydrogens is 494 g/mol. The van der Waals surface area contributed by atoms with Crippen molar-refractivity contribution in [2.75, 3.05) is 39.7 Å². The Hall–Kier alpha value is -2.98. The largest absolute Gasteiger partial charge is 0.493 e. The number of carbonyl (C=O) groups is 1. The number of anilines is 1. The maximum atomic E-state index is 13.4. The van der Waals surface area contributed by atoms with Crippen molar-refractivity contribution in [1.29, 1.82) is 0 Å². The second-order valence-corrected chi connectivity index (χ2v) is 12.3. The van der Waals surface area contributed by atoms with Crippen molar-refractivity contribution in [3.63, 3.8) is 0 Å². The van der Waals surface area contributed by atoms with Crippen LogP contribution in [0.25, 0.3) is 0 Å². The van der Waals surface area contributed by atoms with E-state index in [1.807, 2.05) is 20.8 Å². The third-order valence-electron chi connectivity index (χ3n) is 6.20. The first kappa shape index (κ1) is 28.6. The third-order valence-corrected chi connectivity index (χ3v) is 8.08. The van der Waals surface area contributed by atoms with Crippen molar-refractivity contribution in [2.45, 2.75) is 57.0 Å². The Balaban J connectivity index is 1.94. The molecule has 1 saturated heterocycles. The summed E-state index contributed by atoms with van der Waals surface area (Å²) in [6.07, 6.45) is 1.90. The van der Waals surface area contributed by atoms with Crippen molar-refractivity contribution in [1.82, 2.24) is 9.62 Å². The monoisotopic (exact) mass is 533 g/mol. The van der Waals surface area contributed by atoms with Crippen LogP contribution in [0.15, 0.2) is 41.3 Å². The number of carbonyl (C=O) groups excluding carboxylic acids is 1. The van der Waals surface area contributed by atoms with Crippen LogP contribution in [0.4, 0.5) is 5.69 Å². The SMILES string of the molecule is COc1cc([C@@H](Nc2ccc(S(=O)(=O)N3CCC[C@@H](C)C3)cc2)C(=O)NC(C)(C)C)cc(OC)c1OC. The Labute approximate surface area is 220 Å². The fraction of sp³-hybridized carbons (Fsp3) is 0.519. The minimum Gasteiger partial charge on any atom is -0.493 e. The molecule has 0 radical (unpaired) electrons. The maximum absolute atomic E-state index is 13.4. The fourth-order valence-corrected chi connectivity index (χ4v) is 6.01. The zero-order valence-corrected chi connectivity index (χ0v) is 23.6. The summed E-state index contributed by atoms with van der Waals surface area (Å²) < 4.78 is 44.3. The van der Waals surface area contributed by atoms with Gasteiger partial charge in [-0.25, -0.2) is 8.42 Å². The van der Waals surface area contributed by atoms with Crippen LogP contribution in [0.1, 0.15) is 52.1 Å². The molecule has 2 aromatic carbocycles. The molecule has 0 unspecified atom stereocenters. The molecule has 1 aliphatic rings. The summed E-state index contributed by atoms with van der Waals surface area (Å²) in [5, 5.41) is 6.26. The van der Waals surface area contributed by atoms with Crippen molar-refractivity contribution in [2.24, 2.45) is 5.92 Å². The highest BCUT2D eigenvalue weighted by Crippen LogP contribution is 2.40. The molecule has 2 aromatic rings. The van der Waals surface area contributed by atoms with Gasteiger partial charge in [0.2, 0.25) is 21.7 Å². The second kappa shape index (κ2) is 11.6. The zero-order chi connectivity index (χ0) is 27.4. The molecule has 37 heavy (non-hydrogen) atoms. The number of rotatable bonds is 9. The summed E-state index contributed by atoms with van der Waals surface area (Å²) in [4.78, 5) is 13.6. The number of ether oxygens (including phenoxy) is 3. The number of piperidine rings is 1. The highest BCUT2D eigenvalue weighted by Gasteiger charge is 2.30. The summed E-state index contributed by atoms with van der Waals surface area (Å²) in [5.74, 6) is 1.34. The summed E-state index contributed by atoms with van der Waals surface area (Å²) in [7, 11) is 0.967. The van der Waals surface area contributed by atoms with Gasteiger partial charge in [-0.3, -0.25) is 4.79 Å². The molecule has 0 saturated carbocycles. The highest BCUT2D eigenvalue weighted by molar-refractivity contribution is 7.89. The van der Waals surface area contributed by atoms with Crippen LogP contribution in [0.2, 0.25) is 0 Å². The number of nitrogens with one attached hydrogen (secondary N) is 2. The lowest BCUT2D eigenvalue weighted by atomic mass is 10.0. The summed E-state index contributed by atoms with van der Waals surface area (Å²) in [6, 6.07) is 9.12. The molecule has 1 heterocycles. The number of sulfonamides is 1. The third kappa shape index (κ3) is 6.87. The van der Waals surface area contributed by atoms with Crippen molar-refractivity contribution in [3.8, 4) is 17.2 Å². The molecule has 1 fully saturated rings. The molecule has 0 aromatic heterocycles. The van der Waals surface area contributed by atoms with E-state index in [0.29, 0.717) is 47.5 Å². The first-order valence-electron chi connectivity index (χ1n) is 12.4. The Morgan fingerprint density at radius 1 is 1.03 bits per heavy atom. The second-order valence-electron chi connectivity index (χ2n) is 10.4. The first-order valence-corrected chi connectivity index (χ1v) is 13.8. The molecule has 10 heteroatoms. The average molecular weight is 534 g/mol. The number of hydrogen-bond donors (Lipinski definition) is 2. The van der Waals surface area contributed by atoms with E-state index in [9.17, 15) is 13.2 Å². The van der Waals surface area contributed by atoms with E-state index in [-0.39, 0.29) is 10.8 Å². The molecule has 0 spiro atoms. The predicted molar refractivity (Wildman–Crippen MR) is 144 cm³/mol. The maximum Gasteiger partial charge on any atom is 0.247 e. The van der Waals surface area contributed by atoms with E-state index in [1.165, 1.54) is 21.3 Å². The Morgan fingerprint density at radius 2 is 1.62 bits per heavy atom. The van der Waals surface area contributed by atoms with Crippen LogP contribution >= 0.6 is 0 Å². The number of amides is 1. The van der Waals surface area contributed by atoms with Gasteiger partial charge < -0.3 is 24.8 Å². The molecule has 2 N–H and O–H groups in total. The lowest BCUT2D eigenvalue weighted by molar-refractivity contribution is -0.123. The van der Waals surface area contributed by atoms with Gasteiger partial charge in [-0.15, -0.1) is 0 Å². The number of nitrogens with zero attached hydrogens (tertiary/aromatic N) is 1. The van der Waals surface area contributed by atoms with Crippen LogP contribution in [-0.4, -0.2) is 58.6 Å². The Morgan fingerprint density at radius 3 is 2.11 bits per heavy atom. The molecule has 3 rings (SSSR count). The van der Waals surface area contributed by atoms with Crippen LogP contribution < -0.4 is 24.8 Å². The molecule has 2 atom stereocenters. The van der Waals surface area contributed by atoms with Crippen LogP contribution in [0.3, 0.4) is 0 Å². The van der Waals surface area contributed by atoms with Gasteiger partial charge in [0.25, 0.3) is 0 Å². The topological polar surface area (TPSA) is 106 Å². The minimum absolute atomic E-state index is 0.232. The average Bonchev–Trinajstić information content (AvgIpc) is 2.85. The fourth-order valence-electron chi connectivity index (χ4n) is 4.41. The van der Waals surface area contributed by atoms with Gasteiger partial charge in [0.15, 0.2) is 11.5 Å². The van der Waals surface area contributed by atoms with E-state index in [2.05, 4.69) is 17.6 Å². The van der Waals surface area contributed by atoms with Gasteiger partial charge in [-0.2, -0.15) is 4.31 Å². The molecule has 204 valence electrons.